The van der Waals surface area contributed by atoms with E-state index < -0.39 is 15.9 Å². The number of amides is 2. The molecule has 0 radical (unpaired) electrons. The Hall–Kier alpha value is -2.55. The highest BCUT2D eigenvalue weighted by molar-refractivity contribution is 7.91. The van der Waals surface area contributed by atoms with Crippen LogP contribution in [0.4, 0.5) is 10.5 Å². The van der Waals surface area contributed by atoms with Gasteiger partial charge in [-0.2, -0.15) is 5.10 Å². The molecule has 0 saturated carbocycles. The Morgan fingerprint density at radius 1 is 1.25 bits per heavy atom. The topological polar surface area (TPSA) is 109 Å². The van der Waals surface area contributed by atoms with E-state index in [1.54, 1.807) is 4.68 Å². The van der Waals surface area contributed by atoms with Gasteiger partial charge in [0.2, 0.25) is 5.88 Å². The molecule has 0 aliphatic carbocycles. The number of aryl methyl sites for hydroxylation is 1. The lowest BCUT2D eigenvalue weighted by Gasteiger charge is -2.21. The number of carbonyl (C=O) groups excluding carboxylic acids is 1. The van der Waals surface area contributed by atoms with Gasteiger partial charge in [0.05, 0.1) is 12.8 Å². The smallest absolute Gasteiger partial charge is 0.331 e. The Morgan fingerprint density at radius 3 is 2.50 bits per heavy atom. The van der Waals surface area contributed by atoms with Crippen LogP contribution in [0.2, 0.25) is 0 Å². The summed E-state index contributed by atoms with van der Waals surface area (Å²) < 4.78 is 30.5. The first kappa shape index (κ1) is 20.2. The number of aromatic nitrogens is 2. The second-order valence-electron chi connectivity index (χ2n) is 7.47. The molecule has 0 bridgehead atoms. The van der Waals surface area contributed by atoms with E-state index in [4.69, 9.17) is 9.52 Å². The summed E-state index contributed by atoms with van der Waals surface area (Å²) >= 11 is 0. The number of hydrogen-bond donors (Lipinski definition) is 3. The first-order chi connectivity index (χ1) is 13.2. The van der Waals surface area contributed by atoms with Crippen molar-refractivity contribution in [2.24, 2.45) is 0 Å². The maximum atomic E-state index is 12.9. The van der Waals surface area contributed by atoms with Gasteiger partial charge in [-0.3, -0.25) is 0 Å². The molecular weight excluding hydrogens is 378 g/mol. The molecular formula is C19H27N5O3S. The monoisotopic (exact) mass is 405 g/mol. The zero-order valence-electron chi connectivity index (χ0n) is 16.6. The lowest BCUT2D eigenvalue weighted by Crippen LogP contribution is -2.34. The second-order valence-corrected chi connectivity index (χ2v) is 9.23. The minimum absolute atomic E-state index is 0.0866. The molecule has 3 rings (SSSR count). The first-order valence-corrected chi connectivity index (χ1v) is 11.0. The van der Waals surface area contributed by atoms with Crippen molar-refractivity contribution in [3.05, 3.63) is 35.5 Å². The highest BCUT2D eigenvalue weighted by Crippen LogP contribution is 2.32. The number of anilines is 1. The minimum Gasteiger partial charge on any atom is -0.477 e. The molecule has 2 amide bonds. The number of benzene rings is 1. The zero-order chi connectivity index (χ0) is 20.5. The molecule has 0 spiro atoms. The van der Waals surface area contributed by atoms with Crippen molar-refractivity contribution in [1.82, 2.24) is 14.5 Å². The predicted molar refractivity (Wildman–Crippen MR) is 108 cm³/mol. The van der Waals surface area contributed by atoms with Crippen LogP contribution in [-0.2, 0) is 16.5 Å². The number of ether oxygens (including phenoxy) is 1. The van der Waals surface area contributed by atoms with E-state index in [1.165, 1.54) is 6.20 Å². The lowest BCUT2D eigenvalue weighted by molar-refractivity contribution is 0.224. The van der Waals surface area contributed by atoms with E-state index in [0.717, 1.165) is 17.5 Å². The van der Waals surface area contributed by atoms with Crippen LogP contribution in [-0.4, -0.2) is 26.6 Å². The number of hydrogen-bond acceptors (Lipinski definition) is 5. The van der Waals surface area contributed by atoms with Gasteiger partial charge in [-0.1, -0.05) is 45.9 Å². The maximum absolute atomic E-state index is 12.9. The molecule has 9 heteroatoms. The zero-order valence-corrected chi connectivity index (χ0v) is 17.4. The van der Waals surface area contributed by atoms with Crippen molar-refractivity contribution in [1.29, 1.82) is 4.78 Å². The summed E-state index contributed by atoms with van der Waals surface area (Å²) in [4.78, 5) is 12.7. The number of nitrogens with one attached hydrogen (secondary N) is 3. The Bertz CT molecular complexity index is 953. The summed E-state index contributed by atoms with van der Waals surface area (Å²) in [7, 11) is -3.61. The molecule has 1 aromatic heterocycles. The Kier molecular flexibility index (Phi) is 5.64. The van der Waals surface area contributed by atoms with Crippen LogP contribution in [0.15, 0.2) is 29.3 Å². The number of para-hydroxylation sites is 1. The van der Waals surface area contributed by atoms with Crippen LogP contribution in [0, 0.1) is 4.78 Å². The van der Waals surface area contributed by atoms with Crippen LogP contribution in [0.3, 0.4) is 0 Å². The molecule has 1 aromatic carbocycles. The van der Waals surface area contributed by atoms with Crippen LogP contribution >= 0.6 is 0 Å². The van der Waals surface area contributed by atoms with Crippen molar-refractivity contribution >= 4 is 21.6 Å². The van der Waals surface area contributed by atoms with Gasteiger partial charge in [0.1, 0.15) is 4.90 Å². The molecule has 0 saturated heterocycles. The van der Waals surface area contributed by atoms with E-state index in [2.05, 4.69) is 15.1 Å². The predicted octanol–water partition coefficient (Wildman–Crippen LogP) is 4.05. The van der Waals surface area contributed by atoms with Crippen molar-refractivity contribution in [2.75, 3.05) is 11.9 Å². The summed E-state index contributed by atoms with van der Waals surface area (Å²) in [6, 6.07) is 5.21. The quantitative estimate of drug-likeness (QED) is 0.697. The summed E-state index contributed by atoms with van der Waals surface area (Å²) in [6.45, 7) is 9.30. The minimum atomic E-state index is -3.61. The van der Waals surface area contributed by atoms with E-state index >= 15 is 0 Å². The number of fused-ring (bicyclic) bond motifs is 1. The average molecular weight is 406 g/mol. The molecule has 2 aromatic rings. The molecule has 1 atom stereocenters. The van der Waals surface area contributed by atoms with Crippen LogP contribution < -0.4 is 14.8 Å². The SMILES string of the molecule is CC(C)c1cccc(C(C)C)c1NC(=O)NS(=N)(=O)c1cnn2c1OCCC2. The standard InChI is InChI=1S/C19H27N5O3S/c1-12(2)14-7-5-8-15(13(3)4)17(14)22-19(25)23-28(20,26)16-11-21-24-9-6-10-27-18(16)24/h5,7-8,11-13H,6,9-10H2,1-4H3,(H3,20,22,23,25,26). The molecule has 0 fully saturated rings. The fourth-order valence-electron chi connectivity index (χ4n) is 3.26. The van der Waals surface area contributed by atoms with E-state index in [-0.39, 0.29) is 22.6 Å². The van der Waals surface area contributed by atoms with Crippen molar-refractivity contribution in [3.63, 3.8) is 0 Å². The van der Waals surface area contributed by atoms with E-state index in [9.17, 15) is 9.00 Å². The molecule has 3 N–H and O–H groups in total. The molecule has 1 aliphatic rings. The fourth-order valence-corrected chi connectivity index (χ4v) is 4.29. The molecule has 1 unspecified atom stereocenters. The third-order valence-electron chi connectivity index (χ3n) is 4.67. The van der Waals surface area contributed by atoms with E-state index in [0.29, 0.717) is 18.8 Å². The van der Waals surface area contributed by atoms with E-state index in [1.807, 2.05) is 45.9 Å². The highest BCUT2D eigenvalue weighted by atomic mass is 32.2. The molecule has 8 nitrogen and oxygen atoms in total. The van der Waals surface area contributed by atoms with Crippen LogP contribution in [0.5, 0.6) is 5.88 Å². The molecule has 1 aliphatic heterocycles. The summed E-state index contributed by atoms with van der Waals surface area (Å²) in [5, 5.41) is 6.93. The van der Waals surface area contributed by atoms with Gasteiger partial charge in [-0.15, -0.1) is 0 Å². The van der Waals surface area contributed by atoms with Gasteiger partial charge in [-0.25, -0.2) is 23.2 Å². The van der Waals surface area contributed by atoms with Gasteiger partial charge in [0.15, 0.2) is 9.92 Å². The van der Waals surface area contributed by atoms with Gasteiger partial charge >= 0.3 is 6.03 Å². The molecule has 2 heterocycles. The third-order valence-corrected chi connectivity index (χ3v) is 6.04. The number of urea groups is 1. The normalized spacial score (nSPS) is 15.6. The largest absolute Gasteiger partial charge is 0.477 e. The van der Waals surface area contributed by atoms with Gasteiger partial charge in [0.25, 0.3) is 0 Å². The Balaban J connectivity index is 1.86. The molecule has 152 valence electrons. The van der Waals surface area contributed by atoms with Crippen molar-refractivity contribution < 1.29 is 13.7 Å². The summed E-state index contributed by atoms with van der Waals surface area (Å²) in [6.07, 6.45) is 2.13. The second kappa shape index (κ2) is 7.83. The van der Waals surface area contributed by atoms with Gasteiger partial charge in [0, 0.05) is 18.7 Å². The highest BCUT2D eigenvalue weighted by Gasteiger charge is 2.26. The summed E-state index contributed by atoms with van der Waals surface area (Å²) in [5.74, 6) is 0.688. The van der Waals surface area contributed by atoms with Gasteiger partial charge in [-0.05, 0) is 23.0 Å². The number of rotatable bonds is 5. The first-order valence-electron chi connectivity index (χ1n) is 9.39. The Labute approximate surface area is 165 Å². The van der Waals surface area contributed by atoms with Gasteiger partial charge < -0.3 is 10.1 Å². The lowest BCUT2D eigenvalue weighted by atomic mass is 9.93. The third kappa shape index (κ3) is 3.99. The van der Waals surface area contributed by atoms with Crippen LogP contribution in [0.25, 0.3) is 0 Å². The number of nitrogens with zero attached hydrogens (tertiary/aromatic N) is 2. The fraction of sp³-hybridized carbons (Fsp3) is 0.474. The van der Waals surface area contributed by atoms with Crippen molar-refractivity contribution in [3.8, 4) is 5.88 Å². The summed E-state index contributed by atoms with van der Waals surface area (Å²) in [5.41, 5.74) is 2.68. The number of carbonyl (C=O) groups is 1. The maximum Gasteiger partial charge on any atom is 0.331 e. The van der Waals surface area contributed by atoms with Crippen molar-refractivity contribution in [2.45, 2.75) is 57.4 Å². The Morgan fingerprint density at radius 2 is 1.89 bits per heavy atom. The molecule has 28 heavy (non-hydrogen) atoms. The average Bonchev–Trinajstić information content (AvgIpc) is 3.06. The van der Waals surface area contributed by atoms with Crippen LogP contribution in [0.1, 0.15) is 57.1 Å².